The van der Waals surface area contributed by atoms with Gasteiger partial charge in [-0.25, -0.2) is 0 Å². The summed E-state index contributed by atoms with van der Waals surface area (Å²) >= 11 is 0. The second kappa shape index (κ2) is 12.3. The Morgan fingerprint density at radius 2 is 1.59 bits per heavy atom. The lowest BCUT2D eigenvalue weighted by atomic mass is 10.1. The van der Waals surface area contributed by atoms with E-state index in [9.17, 15) is 0 Å². The Labute approximate surface area is 107 Å². The third kappa shape index (κ3) is 13.8. The minimum atomic E-state index is -0.393. The first-order valence-electron chi connectivity index (χ1n) is 7.04. The van der Waals surface area contributed by atoms with E-state index >= 15 is 0 Å². The van der Waals surface area contributed by atoms with Crippen LogP contribution in [0.1, 0.15) is 59.3 Å². The van der Waals surface area contributed by atoms with Gasteiger partial charge in [0.05, 0.1) is 25.4 Å². The molecule has 0 aromatic heterocycles. The average molecular weight is 246 g/mol. The fourth-order valence-corrected chi connectivity index (χ4v) is 1.59. The molecule has 2 atom stereocenters. The predicted octanol–water partition coefficient (Wildman–Crippen LogP) is 3.15. The van der Waals surface area contributed by atoms with Gasteiger partial charge in [0.2, 0.25) is 0 Å². The van der Waals surface area contributed by atoms with E-state index in [1.165, 1.54) is 32.1 Å². The standard InChI is InChI=1S/C14H30O3/c1-4-5-6-7-8-9-10-16-12-14(3)17-11-13(2)15/h13-15H,4-12H2,1-3H3. The zero-order chi connectivity index (χ0) is 12.9. The minimum Gasteiger partial charge on any atom is -0.391 e. The molecule has 0 aromatic carbocycles. The highest BCUT2D eigenvalue weighted by Crippen LogP contribution is 2.05. The fourth-order valence-electron chi connectivity index (χ4n) is 1.59. The summed E-state index contributed by atoms with van der Waals surface area (Å²) < 4.78 is 10.9. The van der Waals surface area contributed by atoms with Crippen molar-refractivity contribution in [3.8, 4) is 0 Å². The summed E-state index contributed by atoms with van der Waals surface area (Å²) in [7, 11) is 0. The third-order valence-electron chi connectivity index (χ3n) is 2.62. The van der Waals surface area contributed by atoms with Crippen molar-refractivity contribution in [2.45, 2.75) is 71.5 Å². The second-order valence-corrected chi connectivity index (χ2v) is 4.84. The molecule has 0 spiro atoms. The van der Waals surface area contributed by atoms with E-state index in [1.54, 1.807) is 6.92 Å². The molecule has 0 aliphatic carbocycles. The zero-order valence-corrected chi connectivity index (χ0v) is 11.8. The van der Waals surface area contributed by atoms with Crippen molar-refractivity contribution in [1.82, 2.24) is 0 Å². The largest absolute Gasteiger partial charge is 0.391 e. The molecule has 0 amide bonds. The van der Waals surface area contributed by atoms with Crippen molar-refractivity contribution in [3.63, 3.8) is 0 Å². The topological polar surface area (TPSA) is 38.7 Å². The molecule has 104 valence electrons. The van der Waals surface area contributed by atoms with Gasteiger partial charge in [0.25, 0.3) is 0 Å². The van der Waals surface area contributed by atoms with Gasteiger partial charge in [-0.1, -0.05) is 39.0 Å². The summed E-state index contributed by atoms with van der Waals surface area (Å²) in [5.74, 6) is 0. The van der Waals surface area contributed by atoms with Crippen molar-refractivity contribution < 1.29 is 14.6 Å². The van der Waals surface area contributed by atoms with Crippen LogP contribution in [-0.4, -0.2) is 37.1 Å². The lowest BCUT2D eigenvalue weighted by Crippen LogP contribution is -2.21. The lowest BCUT2D eigenvalue weighted by molar-refractivity contribution is -0.0369. The van der Waals surface area contributed by atoms with Gasteiger partial charge in [0, 0.05) is 6.61 Å². The molecule has 0 heterocycles. The molecule has 2 unspecified atom stereocenters. The van der Waals surface area contributed by atoms with Crippen LogP contribution in [0.15, 0.2) is 0 Å². The lowest BCUT2D eigenvalue weighted by Gasteiger charge is -2.14. The Morgan fingerprint density at radius 3 is 2.24 bits per heavy atom. The molecule has 0 saturated carbocycles. The number of hydrogen-bond acceptors (Lipinski definition) is 3. The summed E-state index contributed by atoms with van der Waals surface area (Å²) in [6, 6.07) is 0. The van der Waals surface area contributed by atoms with Gasteiger partial charge in [-0.3, -0.25) is 0 Å². The molecular formula is C14H30O3. The average Bonchev–Trinajstić information content (AvgIpc) is 2.30. The zero-order valence-electron chi connectivity index (χ0n) is 11.8. The number of aliphatic hydroxyl groups excluding tert-OH is 1. The third-order valence-corrected chi connectivity index (χ3v) is 2.62. The van der Waals surface area contributed by atoms with Crippen LogP contribution < -0.4 is 0 Å². The fraction of sp³-hybridized carbons (Fsp3) is 1.00. The maximum absolute atomic E-state index is 9.05. The molecule has 0 fully saturated rings. The highest BCUT2D eigenvalue weighted by molar-refractivity contribution is 4.50. The number of hydrogen-bond donors (Lipinski definition) is 1. The maximum Gasteiger partial charge on any atom is 0.0781 e. The van der Waals surface area contributed by atoms with Crippen LogP contribution in [0.2, 0.25) is 0 Å². The summed E-state index contributed by atoms with van der Waals surface area (Å²) in [6.07, 6.45) is 7.42. The van der Waals surface area contributed by atoms with Crippen LogP contribution in [0.25, 0.3) is 0 Å². The van der Waals surface area contributed by atoms with Gasteiger partial charge in [-0.15, -0.1) is 0 Å². The van der Waals surface area contributed by atoms with Gasteiger partial charge in [0.1, 0.15) is 0 Å². The Kier molecular flexibility index (Phi) is 12.3. The quantitative estimate of drug-likeness (QED) is 0.538. The van der Waals surface area contributed by atoms with E-state index in [4.69, 9.17) is 14.6 Å². The highest BCUT2D eigenvalue weighted by atomic mass is 16.5. The summed E-state index contributed by atoms with van der Waals surface area (Å²) in [5.41, 5.74) is 0. The van der Waals surface area contributed by atoms with Crippen LogP contribution >= 0.6 is 0 Å². The molecule has 1 N–H and O–H groups in total. The highest BCUT2D eigenvalue weighted by Gasteiger charge is 2.04. The van der Waals surface area contributed by atoms with Crippen molar-refractivity contribution in [3.05, 3.63) is 0 Å². The first-order chi connectivity index (χ1) is 8.16. The molecule has 3 nitrogen and oxygen atoms in total. The van der Waals surface area contributed by atoms with Crippen LogP contribution in [0.3, 0.4) is 0 Å². The van der Waals surface area contributed by atoms with Crippen molar-refractivity contribution in [2.75, 3.05) is 19.8 Å². The first kappa shape index (κ1) is 16.9. The smallest absolute Gasteiger partial charge is 0.0781 e. The summed E-state index contributed by atoms with van der Waals surface area (Å²) in [6.45, 7) is 7.78. The Morgan fingerprint density at radius 1 is 0.941 bits per heavy atom. The molecule has 0 radical (unpaired) electrons. The van der Waals surface area contributed by atoms with E-state index in [0.29, 0.717) is 13.2 Å². The van der Waals surface area contributed by atoms with Gasteiger partial charge in [-0.05, 0) is 20.3 Å². The minimum absolute atomic E-state index is 0.0738. The van der Waals surface area contributed by atoms with E-state index in [-0.39, 0.29) is 6.10 Å². The van der Waals surface area contributed by atoms with Crippen molar-refractivity contribution in [2.24, 2.45) is 0 Å². The van der Waals surface area contributed by atoms with Crippen LogP contribution in [0.4, 0.5) is 0 Å². The van der Waals surface area contributed by atoms with Crippen molar-refractivity contribution >= 4 is 0 Å². The van der Waals surface area contributed by atoms with Crippen LogP contribution in [0.5, 0.6) is 0 Å². The molecule has 17 heavy (non-hydrogen) atoms. The maximum atomic E-state index is 9.05. The van der Waals surface area contributed by atoms with E-state index in [2.05, 4.69) is 6.92 Å². The molecule has 3 heteroatoms. The Bertz CT molecular complexity index is 148. The SMILES string of the molecule is CCCCCCCCOCC(C)OCC(C)O. The Balaban J connectivity index is 3.11. The van der Waals surface area contributed by atoms with E-state index < -0.39 is 6.10 Å². The number of unbranched alkanes of at least 4 members (excludes halogenated alkanes) is 5. The van der Waals surface area contributed by atoms with E-state index in [0.717, 1.165) is 13.0 Å². The summed E-state index contributed by atoms with van der Waals surface area (Å²) in [5, 5.41) is 9.05. The molecule has 0 rings (SSSR count). The van der Waals surface area contributed by atoms with Gasteiger partial charge < -0.3 is 14.6 Å². The van der Waals surface area contributed by atoms with Crippen LogP contribution in [-0.2, 0) is 9.47 Å². The van der Waals surface area contributed by atoms with Gasteiger partial charge in [-0.2, -0.15) is 0 Å². The molecule has 0 aliphatic rings. The summed E-state index contributed by atoms with van der Waals surface area (Å²) in [4.78, 5) is 0. The Hall–Kier alpha value is -0.120. The normalized spacial score (nSPS) is 14.8. The van der Waals surface area contributed by atoms with Crippen LogP contribution in [0, 0.1) is 0 Å². The predicted molar refractivity (Wildman–Crippen MR) is 71.3 cm³/mol. The molecule has 0 saturated heterocycles. The second-order valence-electron chi connectivity index (χ2n) is 4.84. The molecule has 0 aromatic rings. The van der Waals surface area contributed by atoms with E-state index in [1.807, 2.05) is 6.92 Å². The first-order valence-corrected chi connectivity index (χ1v) is 7.04. The molecule has 0 aliphatic heterocycles. The van der Waals surface area contributed by atoms with Gasteiger partial charge >= 0.3 is 0 Å². The molecular weight excluding hydrogens is 216 g/mol. The number of aliphatic hydroxyl groups is 1. The van der Waals surface area contributed by atoms with Crippen molar-refractivity contribution in [1.29, 1.82) is 0 Å². The van der Waals surface area contributed by atoms with Gasteiger partial charge in [0.15, 0.2) is 0 Å². The monoisotopic (exact) mass is 246 g/mol. The number of ether oxygens (including phenoxy) is 2. The molecule has 0 bridgehead atoms. The number of rotatable bonds is 12.